The predicted molar refractivity (Wildman–Crippen MR) is 97.4 cm³/mol. The van der Waals surface area contributed by atoms with Crippen molar-refractivity contribution in [2.24, 2.45) is 0 Å². The van der Waals surface area contributed by atoms with Crippen LogP contribution in [0.25, 0.3) is 0 Å². The van der Waals surface area contributed by atoms with Crippen LogP contribution in [0.3, 0.4) is 0 Å². The summed E-state index contributed by atoms with van der Waals surface area (Å²) in [5, 5.41) is 0. The molecule has 0 N–H and O–H groups in total. The van der Waals surface area contributed by atoms with E-state index < -0.39 is 0 Å². The van der Waals surface area contributed by atoms with E-state index in [1.54, 1.807) is 0 Å². The number of para-hydroxylation sites is 1. The zero-order valence-electron chi connectivity index (χ0n) is 15.7. The summed E-state index contributed by atoms with van der Waals surface area (Å²) in [7, 11) is 0. The van der Waals surface area contributed by atoms with E-state index in [1.807, 2.05) is 24.3 Å². The predicted octanol–water partition coefficient (Wildman–Crippen LogP) is 4.40. The van der Waals surface area contributed by atoms with Gasteiger partial charge in [0, 0.05) is 17.6 Å². The van der Waals surface area contributed by atoms with Crippen LogP contribution in [0, 0.1) is 0 Å². The van der Waals surface area contributed by atoms with Crippen LogP contribution in [0.4, 0.5) is 0 Å². The molecule has 1 aromatic carbocycles. The molecule has 0 aromatic heterocycles. The van der Waals surface area contributed by atoms with Gasteiger partial charge in [-0.3, -0.25) is 4.90 Å². The molecule has 0 atom stereocenters. The topological polar surface area (TPSA) is 30.9 Å². The highest BCUT2D eigenvalue weighted by atomic mass is 16.7. The maximum atomic E-state index is 5.98. The second-order valence-electron chi connectivity index (χ2n) is 6.95. The highest BCUT2D eigenvalue weighted by Gasteiger charge is 2.21. The molecule has 1 heterocycles. The first-order valence-electron chi connectivity index (χ1n) is 9.30. The van der Waals surface area contributed by atoms with Crippen LogP contribution >= 0.6 is 0 Å². The first-order chi connectivity index (χ1) is 11.6. The highest BCUT2D eigenvalue weighted by molar-refractivity contribution is 5.34. The minimum atomic E-state index is -0.271. The number of unbranched alkanes of at least 4 members (excludes halogenated alkanes) is 2. The SMILES string of the molecule is CC(C)N(CCCCCOc1ccccc1C1OCCO1)C(C)C. The summed E-state index contributed by atoms with van der Waals surface area (Å²) in [4.78, 5) is 2.55. The quantitative estimate of drug-likeness (QED) is 0.593. The van der Waals surface area contributed by atoms with Gasteiger partial charge in [-0.25, -0.2) is 0 Å². The van der Waals surface area contributed by atoms with Crippen molar-refractivity contribution in [1.29, 1.82) is 0 Å². The second-order valence-corrected chi connectivity index (χ2v) is 6.95. The lowest BCUT2D eigenvalue weighted by Crippen LogP contribution is -2.37. The Kier molecular flexibility index (Phi) is 8.03. The Morgan fingerprint density at radius 2 is 1.67 bits per heavy atom. The third kappa shape index (κ3) is 5.76. The van der Waals surface area contributed by atoms with Crippen molar-refractivity contribution in [2.75, 3.05) is 26.4 Å². The van der Waals surface area contributed by atoms with E-state index in [0.29, 0.717) is 25.3 Å². The first-order valence-corrected chi connectivity index (χ1v) is 9.30. The van der Waals surface area contributed by atoms with Crippen molar-refractivity contribution in [3.05, 3.63) is 29.8 Å². The lowest BCUT2D eigenvalue weighted by molar-refractivity contribution is -0.0457. The Morgan fingerprint density at radius 3 is 2.33 bits per heavy atom. The van der Waals surface area contributed by atoms with Crippen LogP contribution in [0.1, 0.15) is 58.8 Å². The summed E-state index contributed by atoms with van der Waals surface area (Å²) in [6.07, 6.45) is 3.21. The number of ether oxygens (including phenoxy) is 3. The van der Waals surface area contributed by atoms with Crippen LogP contribution in [0.2, 0.25) is 0 Å². The molecular formula is C20H33NO3. The van der Waals surface area contributed by atoms with E-state index in [2.05, 4.69) is 32.6 Å². The second kappa shape index (κ2) is 10.0. The van der Waals surface area contributed by atoms with Gasteiger partial charge >= 0.3 is 0 Å². The Hall–Kier alpha value is -1.10. The molecule has 0 radical (unpaired) electrons. The van der Waals surface area contributed by atoms with Gasteiger partial charge in [0.05, 0.1) is 19.8 Å². The Balaban J connectivity index is 1.69. The van der Waals surface area contributed by atoms with Crippen molar-refractivity contribution in [3.63, 3.8) is 0 Å². The van der Waals surface area contributed by atoms with Crippen LogP contribution in [0.15, 0.2) is 24.3 Å². The fourth-order valence-electron chi connectivity index (χ4n) is 3.21. The summed E-state index contributed by atoms with van der Waals surface area (Å²) in [5.74, 6) is 0.885. The van der Waals surface area contributed by atoms with E-state index in [9.17, 15) is 0 Å². The highest BCUT2D eigenvalue weighted by Crippen LogP contribution is 2.31. The van der Waals surface area contributed by atoms with Gasteiger partial charge in [-0.1, -0.05) is 18.2 Å². The van der Waals surface area contributed by atoms with E-state index in [4.69, 9.17) is 14.2 Å². The van der Waals surface area contributed by atoms with Crippen LogP contribution in [0.5, 0.6) is 5.75 Å². The smallest absolute Gasteiger partial charge is 0.187 e. The molecule has 1 fully saturated rings. The molecule has 0 unspecified atom stereocenters. The number of benzene rings is 1. The lowest BCUT2D eigenvalue weighted by Gasteiger charge is -2.30. The summed E-state index contributed by atoms with van der Waals surface area (Å²) in [6, 6.07) is 9.24. The molecule has 0 saturated carbocycles. The molecule has 0 bridgehead atoms. The Labute approximate surface area is 147 Å². The molecule has 1 aliphatic rings. The molecular weight excluding hydrogens is 302 g/mol. The van der Waals surface area contributed by atoms with Gasteiger partial charge in [0.15, 0.2) is 6.29 Å². The monoisotopic (exact) mass is 335 g/mol. The molecule has 4 nitrogen and oxygen atoms in total. The molecule has 2 rings (SSSR count). The minimum absolute atomic E-state index is 0.271. The van der Waals surface area contributed by atoms with E-state index >= 15 is 0 Å². The van der Waals surface area contributed by atoms with Crippen LogP contribution < -0.4 is 4.74 Å². The normalized spacial score (nSPS) is 15.8. The molecule has 0 spiro atoms. The Morgan fingerprint density at radius 1 is 1.00 bits per heavy atom. The van der Waals surface area contributed by atoms with Gasteiger partial charge in [0.1, 0.15) is 5.75 Å². The van der Waals surface area contributed by atoms with E-state index in [1.165, 1.54) is 12.8 Å². The standard InChI is InChI=1S/C20H33NO3/c1-16(2)21(17(3)4)12-8-5-9-13-22-19-11-7-6-10-18(19)20-23-14-15-24-20/h6-7,10-11,16-17,20H,5,8-9,12-15H2,1-4H3. The average Bonchev–Trinajstić information content (AvgIpc) is 3.08. The zero-order chi connectivity index (χ0) is 17.4. The van der Waals surface area contributed by atoms with Gasteiger partial charge < -0.3 is 14.2 Å². The van der Waals surface area contributed by atoms with Gasteiger partial charge in [0.25, 0.3) is 0 Å². The molecule has 1 saturated heterocycles. The van der Waals surface area contributed by atoms with Crippen LogP contribution in [-0.4, -0.2) is 43.3 Å². The molecule has 1 aliphatic heterocycles. The van der Waals surface area contributed by atoms with Crippen LogP contribution in [-0.2, 0) is 9.47 Å². The maximum Gasteiger partial charge on any atom is 0.187 e. The number of rotatable bonds is 10. The van der Waals surface area contributed by atoms with Crippen molar-refractivity contribution in [2.45, 2.75) is 65.3 Å². The van der Waals surface area contributed by atoms with Gasteiger partial charge in [0.2, 0.25) is 0 Å². The molecule has 4 heteroatoms. The molecule has 136 valence electrons. The lowest BCUT2D eigenvalue weighted by atomic mass is 10.1. The molecule has 24 heavy (non-hydrogen) atoms. The van der Waals surface area contributed by atoms with Crippen molar-refractivity contribution >= 4 is 0 Å². The maximum absolute atomic E-state index is 5.98. The third-order valence-electron chi connectivity index (χ3n) is 4.44. The van der Waals surface area contributed by atoms with Gasteiger partial charge in [-0.2, -0.15) is 0 Å². The number of hydrogen-bond acceptors (Lipinski definition) is 4. The summed E-state index contributed by atoms with van der Waals surface area (Å²) in [5.41, 5.74) is 1.00. The molecule has 0 amide bonds. The molecule has 0 aliphatic carbocycles. The minimum Gasteiger partial charge on any atom is -0.493 e. The third-order valence-corrected chi connectivity index (χ3v) is 4.44. The van der Waals surface area contributed by atoms with Gasteiger partial charge in [-0.15, -0.1) is 0 Å². The van der Waals surface area contributed by atoms with E-state index in [-0.39, 0.29) is 6.29 Å². The summed E-state index contributed by atoms with van der Waals surface area (Å²) >= 11 is 0. The zero-order valence-corrected chi connectivity index (χ0v) is 15.7. The average molecular weight is 335 g/mol. The first kappa shape index (κ1) is 19.2. The largest absolute Gasteiger partial charge is 0.493 e. The summed E-state index contributed by atoms with van der Waals surface area (Å²) in [6.45, 7) is 12.3. The van der Waals surface area contributed by atoms with Crippen molar-refractivity contribution in [1.82, 2.24) is 4.90 Å². The fraction of sp³-hybridized carbons (Fsp3) is 0.700. The van der Waals surface area contributed by atoms with E-state index in [0.717, 1.165) is 30.9 Å². The van der Waals surface area contributed by atoms with Crippen molar-refractivity contribution < 1.29 is 14.2 Å². The number of hydrogen-bond donors (Lipinski definition) is 0. The molecule has 1 aromatic rings. The summed E-state index contributed by atoms with van der Waals surface area (Å²) < 4.78 is 17.2. The fourth-order valence-corrected chi connectivity index (χ4v) is 3.21. The Bertz CT molecular complexity index is 462. The number of nitrogens with zero attached hydrogens (tertiary/aromatic N) is 1. The van der Waals surface area contributed by atoms with Crippen molar-refractivity contribution in [3.8, 4) is 5.75 Å². The van der Waals surface area contributed by atoms with Gasteiger partial charge in [-0.05, 0) is 59.6 Å².